The molecule has 0 heterocycles. The number of unbranched alkanes of at least 4 members (excludes halogenated alkanes) is 13. The number of carbonyl (C=O) groups excluding carboxylic acids is 1. The van der Waals surface area contributed by atoms with Crippen molar-refractivity contribution in [2.45, 2.75) is 148 Å². The average molecular weight is 712 g/mol. The molecule has 0 saturated heterocycles. The Morgan fingerprint density at radius 2 is 1.18 bits per heavy atom. The van der Waals surface area contributed by atoms with E-state index in [4.69, 9.17) is 18.5 Å². The highest BCUT2D eigenvalue weighted by Crippen LogP contribution is 2.38. The highest BCUT2D eigenvalue weighted by atomic mass is 31.2. The van der Waals surface area contributed by atoms with Crippen molar-refractivity contribution < 1.29 is 37.3 Å². The number of carbonyl (C=O) groups is 1. The average Bonchev–Trinajstić information content (AvgIpc) is 3.04. The lowest BCUT2D eigenvalue weighted by Crippen LogP contribution is -2.37. The predicted molar refractivity (Wildman–Crippen MR) is 203 cm³/mol. The molecule has 0 N–H and O–H groups in total. The van der Waals surface area contributed by atoms with E-state index in [2.05, 4.69) is 62.5 Å². The van der Waals surface area contributed by atoms with Crippen LogP contribution in [0, 0.1) is 0 Å². The summed E-state index contributed by atoms with van der Waals surface area (Å²) >= 11 is 0. The van der Waals surface area contributed by atoms with Crippen LogP contribution in [-0.4, -0.2) is 70.7 Å². The maximum atomic E-state index is 12.6. The van der Waals surface area contributed by atoms with Gasteiger partial charge in [0.2, 0.25) is 0 Å². The molecule has 2 unspecified atom stereocenters. The van der Waals surface area contributed by atoms with Crippen molar-refractivity contribution in [1.82, 2.24) is 0 Å². The van der Waals surface area contributed by atoms with E-state index in [0.717, 1.165) is 70.6 Å². The Morgan fingerprint density at radius 1 is 0.653 bits per heavy atom. The Morgan fingerprint density at radius 3 is 1.78 bits per heavy atom. The molecule has 0 radical (unpaired) electrons. The molecule has 8 nitrogen and oxygen atoms in total. The van der Waals surface area contributed by atoms with Gasteiger partial charge in [-0.1, -0.05) is 133 Å². The van der Waals surface area contributed by atoms with Crippen molar-refractivity contribution in [3.63, 3.8) is 0 Å². The van der Waals surface area contributed by atoms with E-state index in [-0.39, 0.29) is 25.8 Å². The minimum absolute atomic E-state index is 0.0219. The summed E-state index contributed by atoms with van der Waals surface area (Å²) in [6.45, 7) is 5.24. The molecule has 0 saturated carbocycles. The summed E-state index contributed by atoms with van der Waals surface area (Å²) < 4.78 is 34.3. The van der Waals surface area contributed by atoms with Crippen LogP contribution in [0.1, 0.15) is 142 Å². The molecule has 0 bridgehead atoms. The molecular formula is C40H74NO7P. The number of ether oxygens (including phenoxy) is 2. The Bertz CT molecular complexity index is 926. The predicted octanol–water partition coefficient (Wildman–Crippen LogP) is 10.2. The largest absolute Gasteiger partial charge is 0.756 e. The Kier molecular flexibility index (Phi) is 32.5. The van der Waals surface area contributed by atoms with Crippen molar-refractivity contribution >= 4 is 13.8 Å². The standard InChI is InChI=1S/C40H74NO7P/c1-6-8-10-12-14-16-17-18-19-20-21-22-23-24-25-26-27-29-31-33-40(42)48-39(37-45-35-32-30-28-15-13-11-9-7-2)38-47-49(43,44)46-36-34-41(3,4)5/h8,10,14,16,18-19,21-22,39H,6-7,9,11-13,15,17,20,23-38H2,1-5H3/b10-8-,16-14-,19-18-,22-21-. The lowest BCUT2D eigenvalue weighted by molar-refractivity contribution is -0.870. The highest BCUT2D eigenvalue weighted by Gasteiger charge is 2.20. The number of allylic oxidation sites excluding steroid dienone is 8. The summed E-state index contributed by atoms with van der Waals surface area (Å²) in [6, 6.07) is 0. The number of hydrogen-bond donors (Lipinski definition) is 0. The highest BCUT2D eigenvalue weighted by molar-refractivity contribution is 7.45. The van der Waals surface area contributed by atoms with Crippen molar-refractivity contribution in [2.24, 2.45) is 0 Å². The number of nitrogens with zero attached hydrogens (tertiary/aromatic N) is 1. The number of rotatable bonds is 35. The van der Waals surface area contributed by atoms with E-state index in [1.54, 1.807) is 0 Å². The van der Waals surface area contributed by atoms with Gasteiger partial charge in [-0.2, -0.15) is 0 Å². The topological polar surface area (TPSA) is 94.1 Å². The lowest BCUT2D eigenvalue weighted by Gasteiger charge is -2.28. The fourth-order valence-electron chi connectivity index (χ4n) is 4.89. The normalized spacial score (nSPS) is 14.5. The molecule has 0 rings (SSSR count). The molecule has 0 aromatic heterocycles. The Labute approximate surface area is 301 Å². The first-order chi connectivity index (χ1) is 23.6. The van der Waals surface area contributed by atoms with E-state index in [1.807, 2.05) is 21.1 Å². The summed E-state index contributed by atoms with van der Waals surface area (Å²) in [5, 5.41) is 0. The second kappa shape index (κ2) is 33.6. The summed E-state index contributed by atoms with van der Waals surface area (Å²) in [4.78, 5) is 24.9. The van der Waals surface area contributed by atoms with Gasteiger partial charge in [-0.3, -0.25) is 9.36 Å². The van der Waals surface area contributed by atoms with Gasteiger partial charge >= 0.3 is 5.97 Å². The van der Waals surface area contributed by atoms with E-state index >= 15 is 0 Å². The third-order valence-corrected chi connectivity index (χ3v) is 8.86. The second-order valence-electron chi connectivity index (χ2n) is 13.9. The minimum Gasteiger partial charge on any atom is -0.756 e. The summed E-state index contributed by atoms with van der Waals surface area (Å²) in [5.74, 6) is -0.352. The molecule has 9 heteroatoms. The summed E-state index contributed by atoms with van der Waals surface area (Å²) in [6.07, 6.45) is 38.4. The molecule has 0 aliphatic heterocycles. The van der Waals surface area contributed by atoms with Gasteiger partial charge in [0.1, 0.15) is 19.3 Å². The maximum Gasteiger partial charge on any atom is 0.306 e. The molecule has 286 valence electrons. The number of esters is 1. The zero-order valence-corrected chi connectivity index (χ0v) is 33.0. The molecule has 0 spiro atoms. The van der Waals surface area contributed by atoms with Crippen molar-refractivity contribution in [3.8, 4) is 0 Å². The van der Waals surface area contributed by atoms with Crippen LogP contribution in [0.3, 0.4) is 0 Å². The first-order valence-electron chi connectivity index (χ1n) is 19.4. The fourth-order valence-corrected chi connectivity index (χ4v) is 5.62. The van der Waals surface area contributed by atoms with Gasteiger partial charge in [0.25, 0.3) is 7.82 Å². The fraction of sp³-hybridized carbons (Fsp3) is 0.775. The van der Waals surface area contributed by atoms with Gasteiger partial charge < -0.3 is 27.9 Å². The van der Waals surface area contributed by atoms with Gasteiger partial charge in [0.05, 0.1) is 34.4 Å². The minimum atomic E-state index is -4.52. The molecule has 0 aliphatic carbocycles. The smallest absolute Gasteiger partial charge is 0.306 e. The number of quaternary nitrogens is 1. The van der Waals surface area contributed by atoms with Gasteiger partial charge in [0.15, 0.2) is 0 Å². The van der Waals surface area contributed by atoms with Crippen LogP contribution in [0.15, 0.2) is 48.6 Å². The molecule has 0 amide bonds. The molecule has 49 heavy (non-hydrogen) atoms. The van der Waals surface area contributed by atoms with Crippen molar-refractivity contribution in [2.75, 3.05) is 54.1 Å². The molecule has 0 fully saturated rings. The van der Waals surface area contributed by atoms with E-state index in [9.17, 15) is 14.3 Å². The molecule has 0 aromatic carbocycles. The summed E-state index contributed by atoms with van der Waals surface area (Å²) in [5.41, 5.74) is 0. The molecule has 2 atom stereocenters. The number of hydrogen-bond acceptors (Lipinski definition) is 7. The SMILES string of the molecule is CC/C=C\C/C=C\C/C=C\C/C=C\CCCCCCCCC(=O)OC(COCCCCCCCCCC)COP(=O)([O-])OCC[N+](C)(C)C. The van der Waals surface area contributed by atoms with Crippen LogP contribution in [0.25, 0.3) is 0 Å². The van der Waals surface area contributed by atoms with Crippen LogP contribution < -0.4 is 4.89 Å². The molecular weight excluding hydrogens is 637 g/mol. The second-order valence-corrected chi connectivity index (χ2v) is 15.3. The van der Waals surface area contributed by atoms with Crippen LogP contribution in [0.4, 0.5) is 0 Å². The first-order valence-corrected chi connectivity index (χ1v) is 20.8. The maximum absolute atomic E-state index is 12.6. The Balaban J connectivity index is 4.25. The van der Waals surface area contributed by atoms with Gasteiger partial charge in [0, 0.05) is 13.0 Å². The third-order valence-electron chi connectivity index (χ3n) is 7.89. The third kappa shape index (κ3) is 37.5. The summed E-state index contributed by atoms with van der Waals surface area (Å²) in [7, 11) is 1.34. The van der Waals surface area contributed by atoms with Crippen LogP contribution in [0.5, 0.6) is 0 Å². The molecule has 0 aromatic rings. The monoisotopic (exact) mass is 712 g/mol. The number of likely N-dealkylation sites (N-methyl/N-ethyl adjacent to an activating group) is 1. The zero-order chi connectivity index (χ0) is 36.3. The van der Waals surface area contributed by atoms with Gasteiger partial charge in [-0.05, 0) is 51.4 Å². The van der Waals surface area contributed by atoms with E-state index in [0.29, 0.717) is 24.1 Å². The zero-order valence-electron chi connectivity index (χ0n) is 32.1. The van der Waals surface area contributed by atoms with Gasteiger partial charge in [-0.25, -0.2) is 0 Å². The quantitative estimate of drug-likeness (QED) is 0.0212. The number of phosphoric ester groups is 1. The first kappa shape index (κ1) is 47.5. The van der Waals surface area contributed by atoms with Crippen LogP contribution in [-0.2, 0) is 27.9 Å². The number of phosphoric acid groups is 1. The molecule has 0 aliphatic rings. The van der Waals surface area contributed by atoms with Crippen molar-refractivity contribution in [1.29, 1.82) is 0 Å². The van der Waals surface area contributed by atoms with E-state index < -0.39 is 13.9 Å². The van der Waals surface area contributed by atoms with Crippen LogP contribution in [0.2, 0.25) is 0 Å². The Hall–Kier alpha value is -1.54. The lowest BCUT2D eigenvalue weighted by atomic mass is 10.1. The van der Waals surface area contributed by atoms with Gasteiger partial charge in [-0.15, -0.1) is 0 Å². The van der Waals surface area contributed by atoms with E-state index in [1.165, 1.54) is 51.4 Å². The van der Waals surface area contributed by atoms with Crippen LogP contribution >= 0.6 is 7.82 Å². The van der Waals surface area contributed by atoms with Crippen molar-refractivity contribution in [3.05, 3.63) is 48.6 Å².